The maximum Gasteiger partial charge on any atom is 0.351 e. The van der Waals surface area contributed by atoms with Crippen LogP contribution < -0.4 is 18.9 Å². The summed E-state index contributed by atoms with van der Waals surface area (Å²) in [5.41, 5.74) is 7.04. The first-order valence-electron chi connectivity index (χ1n) is 11.9. The Morgan fingerprint density at radius 1 is 0.472 bits per heavy atom. The molecule has 0 saturated heterocycles. The van der Waals surface area contributed by atoms with Crippen LogP contribution in [0, 0.1) is 0 Å². The molecule has 2 aromatic carbocycles. The fourth-order valence-corrected chi connectivity index (χ4v) is 4.04. The highest BCUT2D eigenvalue weighted by molar-refractivity contribution is 5.66. The van der Waals surface area contributed by atoms with Gasteiger partial charge in [0.25, 0.3) is 0 Å². The van der Waals surface area contributed by atoms with Crippen molar-refractivity contribution in [2.45, 2.75) is 0 Å². The monoisotopic (exact) mass is 474 g/mol. The Kier molecular flexibility index (Phi) is 6.41. The molecular weight excluding hydrogens is 444 g/mol. The molecule has 3 heterocycles. The van der Waals surface area contributed by atoms with Crippen molar-refractivity contribution in [3.05, 3.63) is 110 Å². The molecule has 0 atom stereocenters. The molecule has 0 aliphatic heterocycles. The molecule has 6 heteroatoms. The summed E-state index contributed by atoms with van der Waals surface area (Å²) in [4.78, 5) is 13.5. The molecule has 36 heavy (non-hydrogen) atoms. The standard InChI is InChI=1S/C30H30N6/c1-33(2)27-9-5-23(6-10-27)25-13-17-35(18-14-25)29-21-31-22-30(32-29)36-19-15-26(16-20-36)24-7-11-28(12-8-24)34(3)4/h5-22H,1-4H3/q+2. The van der Waals surface area contributed by atoms with Crippen molar-refractivity contribution in [2.24, 2.45) is 0 Å². The van der Waals surface area contributed by atoms with E-state index >= 15 is 0 Å². The Balaban J connectivity index is 1.35. The summed E-state index contributed by atoms with van der Waals surface area (Å²) in [6.45, 7) is 0. The minimum absolute atomic E-state index is 0.762. The van der Waals surface area contributed by atoms with E-state index in [4.69, 9.17) is 4.98 Å². The first-order valence-corrected chi connectivity index (χ1v) is 11.9. The van der Waals surface area contributed by atoms with Gasteiger partial charge >= 0.3 is 11.6 Å². The van der Waals surface area contributed by atoms with Crippen molar-refractivity contribution in [3.8, 4) is 33.9 Å². The van der Waals surface area contributed by atoms with Gasteiger partial charge in [-0.15, -0.1) is 0 Å². The smallest absolute Gasteiger partial charge is 0.351 e. The molecule has 0 unspecified atom stereocenters. The second-order valence-corrected chi connectivity index (χ2v) is 9.11. The molecule has 5 aromatic rings. The molecule has 178 valence electrons. The van der Waals surface area contributed by atoms with Crippen molar-refractivity contribution in [3.63, 3.8) is 0 Å². The van der Waals surface area contributed by atoms with Crippen molar-refractivity contribution in [2.75, 3.05) is 38.0 Å². The highest BCUT2D eigenvalue weighted by Gasteiger charge is 2.15. The zero-order chi connectivity index (χ0) is 25.1. The Bertz CT molecular complexity index is 1330. The van der Waals surface area contributed by atoms with Gasteiger partial charge in [-0.2, -0.15) is 0 Å². The third-order valence-electron chi connectivity index (χ3n) is 6.23. The average Bonchev–Trinajstić information content (AvgIpc) is 2.93. The van der Waals surface area contributed by atoms with Gasteiger partial charge in [0.15, 0.2) is 0 Å². The fourth-order valence-electron chi connectivity index (χ4n) is 4.04. The largest absolute Gasteiger partial charge is 0.378 e. The summed E-state index contributed by atoms with van der Waals surface area (Å²) in [6.07, 6.45) is 11.6. The molecule has 0 amide bonds. The molecule has 0 aliphatic carbocycles. The minimum atomic E-state index is 0.762. The summed E-state index contributed by atoms with van der Waals surface area (Å²) in [5.74, 6) is 1.52. The number of hydrogen-bond donors (Lipinski definition) is 0. The van der Waals surface area contributed by atoms with Crippen LogP contribution >= 0.6 is 0 Å². The van der Waals surface area contributed by atoms with E-state index in [2.05, 4.69) is 87.6 Å². The Labute approximate surface area is 212 Å². The lowest BCUT2D eigenvalue weighted by molar-refractivity contribution is -0.612. The topological polar surface area (TPSA) is 40.0 Å². The summed E-state index contributed by atoms with van der Waals surface area (Å²) < 4.78 is 3.96. The fraction of sp³-hybridized carbons (Fsp3) is 0.133. The van der Waals surface area contributed by atoms with Crippen LogP contribution in [0.15, 0.2) is 110 Å². The van der Waals surface area contributed by atoms with Gasteiger partial charge in [-0.1, -0.05) is 24.3 Å². The highest BCUT2D eigenvalue weighted by atomic mass is 15.1. The van der Waals surface area contributed by atoms with E-state index in [-0.39, 0.29) is 0 Å². The van der Waals surface area contributed by atoms with Crippen LogP contribution in [0.2, 0.25) is 0 Å². The molecule has 0 N–H and O–H groups in total. The molecule has 0 aliphatic rings. The number of hydrogen-bond acceptors (Lipinski definition) is 4. The zero-order valence-electron chi connectivity index (χ0n) is 21.1. The summed E-state index contributed by atoms with van der Waals surface area (Å²) in [5, 5.41) is 0. The van der Waals surface area contributed by atoms with Crippen LogP contribution in [0.3, 0.4) is 0 Å². The van der Waals surface area contributed by atoms with Crippen molar-refractivity contribution >= 4 is 11.4 Å². The van der Waals surface area contributed by atoms with Crippen LogP contribution in [0.1, 0.15) is 0 Å². The molecule has 0 bridgehead atoms. The molecule has 3 aromatic heterocycles. The molecule has 0 radical (unpaired) electrons. The number of aromatic nitrogens is 4. The quantitative estimate of drug-likeness (QED) is 0.340. The van der Waals surface area contributed by atoms with Gasteiger partial charge in [-0.25, -0.2) is 14.1 Å². The van der Waals surface area contributed by atoms with E-state index in [1.54, 1.807) is 12.4 Å². The number of anilines is 2. The van der Waals surface area contributed by atoms with Crippen LogP contribution in [0.4, 0.5) is 11.4 Å². The van der Waals surface area contributed by atoms with Gasteiger partial charge in [-0.05, 0) is 70.8 Å². The maximum absolute atomic E-state index is 4.83. The summed E-state index contributed by atoms with van der Waals surface area (Å²) in [6, 6.07) is 25.5. The first kappa shape index (κ1) is 23.2. The second kappa shape index (κ2) is 9.96. The Morgan fingerprint density at radius 2 is 0.806 bits per heavy atom. The lowest BCUT2D eigenvalue weighted by atomic mass is 10.1. The van der Waals surface area contributed by atoms with Gasteiger partial charge in [0.1, 0.15) is 12.4 Å². The summed E-state index contributed by atoms with van der Waals surface area (Å²) >= 11 is 0. The molecule has 6 nitrogen and oxygen atoms in total. The van der Waals surface area contributed by atoms with Gasteiger partial charge < -0.3 is 9.80 Å². The Hall–Kier alpha value is -4.58. The number of nitrogens with zero attached hydrogens (tertiary/aromatic N) is 6. The van der Waals surface area contributed by atoms with E-state index in [1.165, 1.54) is 22.5 Å². The minimum Gasteiger partial charge on any atom is -0.378 e. The van der Waals surface area contributed by atoms with Crippen LogP contribution in [-0.4, -0.2) is 38.2 Å². The van der Waals surface area contributed by atoms with E-state index in [9.17, 15) is 0 Å². The SMILES string of the molecule is CN(C)c1ccc(-c2cc[n+](-c3cncc(-[n+]4ccc(-c5ccc(N(C)C)cc5)cc4)n3)cc2)cc1. The molecule has 0 saturated carbocycles. The summed E-state index contributed by atoms with van der Waals surface area (Å²) in [7, 11) is 8.19. The second-order valence-electron chi connectivity index (χ2n) is 9.11. The Morgan fingerprint density at radius 3 is 1.14 bits per heavy atom. The molecular formula is C30H30N6+2. The van der Waals surface area contributed by atoms with Crippen LogP contribution in [-0.2, 0) is 0 Å². The van der Waals surface area contributed by atoms with Crippen LogP contribution in [0.25, 0.3) is 33.9 Å². The highest BCUT2D eigenvalue weighted by Crippen LogP contribution is 2.22. The van der Waals surface area contributed by atoms with E-state index in [1.807, 2.05) is 62.1 Å². The lowest BCUT2D eigenvalue weighted by Gasteiger charge is -2.12. The van der Waals surface area contributed by atoms with Crippen LogP contribution in [0.5, 0.6) is 0 Å². The zero-order valence-corrected chi connectivity index (χ0v) is 21.1. The predicted octanol–water partition coefficient (Wildman–Crippen LogP) is 4.50. The van der Waals surface area contributed by atoms with E-state index in [0.29, 0.717) is 0 Å². The van der Waals surface area contributed by atoms with Crippen molar-refractivity contribution in [1.29, 1.82) is 0 Å². The van der Waals surface area contributed by atoms with Gasteiger partial charge in [0, 0.05) is 44.5 Å². The number of rotatable bonds is 6. The normalized spacial score (nSPS) is 10.8. The number of pyridine rings is 2. The number of benzene rings is 2. The predicted molar refractivity (Wildman–Crippen MR) is 145 cm³/mol. The van der Waals surface area contributed by atoms with Gasteiger partial charge in [-0.3, -0.25) is 0 Å². The van der Waals surface area contributed by atoms with Gasteiger partial charge in [0.2, 0.25) is 0 Å². The van der Waals surface area contributed by atoms with Crippen molar-refractivity contribution < 1.29 is 9.13 Å². The average molecular weight is 475 g/mol. The third kappa shape index (κ3) is 4.93. The van der Waals surface area contributed by atoms with Gasteiger partial charge in [0.05, 0.1) is 24.8 Å². The first-order chi connectivity index (χ1) is 17.5. The maximum atomic E-state index is 4.83. The molecule has 0 spiro atoms. The molecule has 0 fully saturated rings. The lowest BCUT2D eigenvalue weighted by Crippen LogP contribution is -2.35. The molecule has 5 rings (SSSR count). The van der Waals surface area contributed by atoms with E-state index < -0.39 is 0 Å². The van der Waals surface area contributed by atoms with E-state index in [0.717, 1.165) is 22.8 Å². The van der Waals surface area contributed by atoms with Crippen molar-refractivity contribution in [1.82, 2.24) is 9.97 Å². The third-order valence-corrected chi connectivity index (χ3v) is 6.23.